The van der Waals surface area contributed by atoms with E-state index in [0.29, 0.717) is 6.42 Å². The van der Waals surface area contributed by atoms with E-state index in [4.69, 9.17) is 4.74 Å². The zero-order valence-corrected chi connectivity index (χ0v) is 20.6. The first kappa shape index (κ1) is 29.7. The van der Waals surface area contributed by atoms with E-state index in [2.05, 4.69) is 16.3 Å². The van der Waals surface area contributed by atoms with Gasteiger partial charge in [0.05, 0.1) is 29.4 Å². The summed E-state index contributed by atoms with van der Waals surface area (Å²) in [6.07, 6.45) is -9.68. The van der Waals surface area contributed by atoms with Crippen LogP contribution in [0.25, 0.3) is 0 Å². The molecule has 0 radical (unpaired) electrons. The lowest BCUT2D eigenvalue weighted by Gasteiger charge is -2.43. The van der Waals surface area contributed by atoms with Gasteiger partial charge < -0.3 is 10.1 Å². The highest BCUT2D eigenvalue weighted by Crippen LogP contribution is 2.41. The standard InChI is InChI=1S/C24H26F6N2O.2ClH/c1-15(17-12-18(23(25,26)27)14-19(13-17)24(28,29)30)33-21-7-6-16-4-2-3-5-20(16)22(21)32-10-8-31-9-11-32;;/h2-5,12-15,21-22,31H,6-11H2,1H3;2*1H/t15?,21-,22-;;/m1../s1. The Morgan fingerprint density at radius 1 is 0.914 bits per heavy atom. The summed E-state index contributed by atoms with van der Waals surface area (Å²) in [6.45, 7) is 4.71. The van der Waals surface area contributed by atoms with Crippen molar-refractivity contribution >= 4 is 24.8 Å². The maximum absolute atomic E-state index is 13.3. The monoisotopic (exact) mass is 544 g/mol. The molecule has 2 aliphatic rings. The number of aryl methyl sites for hydroxylation is 1. The molecule has 11 heteroatoms. The van der Waals surface area contributed by atoms with Gasteiger partial charge in [-0.1, -0.05) is 24.3 Å². The lowest BCUT2D eigenvalue weighted by Crippen LogP contribution is -2.49. The molecule has 1 N–H and O–H groups in total. The van der Waals surface area contributed by atoms with E-state index in [1.807, 2.05) is 18.2 Å². The summed E-state index contributed by atoms with van der Waals surface area (Å²) in [7, 11) is 0. The molecule has 1 fully saturated rings. The molecule has 35 heavy (non-hydrogen) atoms. The fraction of sp³-hybridized carbons (Fsp3) is 0.500. The van der Waals surface area contributed by atoms with Crippen molar-refractivity contribution in [2.75, 3.05) is 26.2 Å². The molecule has 3 atom stereocenters. The van der Waals surface area contributed by atoms with Crippen molar-refractivity contribution < 1.29 is 31.1 Å². The average Bonchev–Trinajstić information content (AvgIpc) is 2.78. The van der Waals surface area contributed by atoms with Gasteiger partial charge >= 0.3 is 12.4 Å². The maximum atomic E-state index is 13.3. The Labute approximate surface area is 213 Å². The first-order valence-electron chi connectivity index (χ1n) is 11.0. The average molecular weight is 545 g/mol. The van der Waals surface area contributed by atoms with Crippen molar-refractivity contribution in [3.05, 3.63) is 70.3 Å². The zero-order valence-electron chi connectivity index (χ0n) is 19.0. The smallest absolute Gasteiger partial charge is 0.369 e. The first-order chi connectivity index (χ1) is 15.5. The van der Waals surface area contributed by atoms with Crippen LogP contribution in [0.3, 0.4) is 0 Å². The summed E-state index contributed by atoms with van der Waals surface area (Å²) >= 11 is 0. The lowest BCUT2D eigenvalue weighted by atomic mass is 9.84. The van der Waals surface area contributed by atoms with E-state index in [0.717, 1.165) is 50.3 Å². The van der Waals surface area contributed by atoms with Gasteiger partial charge in [-0.05, 0) is 54.7 Å². The number of halogens is 8. The van der Waals surface area contributed by atoms with Crippen LogP contribution in [0.5, 0.6) is 0 Å². The molecule has 0 aromatic heterocycles. The Bertz CT molecular complexity index is 947. The summed E-state index contributed by atoms with van der Waals surface area (Å²) in [5, 5.41) is 3.30. The number of nitrogens with zero attached hydrogens (tertiary/aromatic N) is 1. The van der Waals surface area contributed by atoms with Crippen molar-refractivity contribution in [2.45, 2.75) is 50.4 Å². The summed E-state index contributed by atoms with van der Waals surface area (Å²) < 4.78 is 86.1. The number of rotatable bonds is 4. The minimum Gasteiger partial charge on any atom is -0.369 e. The van der Waals surface area contributed by atoms with E-state index in [-0.39, 0.29) is 48.6 Å². The van der Waals surface area contributed by atoms with Crippen LogP contribution in [0.1, 0.15) is 53.3 Å². The second kappa shape index (κ2) is 11.7. The number of piperazine rings is 1. The topological polar surface area (TPSA) is 24.5 Å². The Balaban J connectivity index is 0.00000216. The largest absolute Gasteiger partial charge is 0.416 e. The molecule has 0 amide bonds. The molecule has 1 aliphatic carbocycles. The molecule has 1 saturated heterocycles. The van der Waals surface area contributed by atoms with Gasteiger partial charge in [0.15, 0.2) is 0 Å². The van der Waals surface area contributed by atoms with E-state index >= 15 is 0 Å². The van der Waals surface area contributed by atoms with Crippen molar-refractivity contribution in [3.8, 4) is 0 Å². The maximum Gasteiger partial charge on any atom is 0.416 e. The number of ether oxygens (including phenoxy) is 1. The number of hydrogen-bond acceptors (Lipinski definition) is 3. The normalized spacial score (nSPS) is 21.9. The lowest BCUT2D eigenvalue weighted by molar-refractivity contribution is -0.143. The zero-order chi connectivity index (χ0) is 23.8. The van der Waals surface area contributed by atoms with Crippen molar-refractivity contribution in [2.24, 2.45) is 0 Å². The molecule has 196 valence electrons. The molecule has 1 unspecified atom stereocenters. The van der Waals surface area contributed by atoms with Gasteiger partial charge in [0, 0.05) is 26.2 Å². The van der Waals surface area contributed by atoms with E-state index in [9.17, 15) is 26.3 Å². The fourth-order valence-corrected chi connectivity index (χ4v) is 4.80. The van der Waals surface area contributed by atoms with Crippen LogP contribution >= 0.6 is 24.8 Å². The molecule has 2 aromatic carbocycles. The van der Waals surface area contributed by atoms with Gasteiger partial charge in [-0.2, -0.15) is 26.3 Å². The van der Waals surface area contributed by atoms with Crippen LogP contribution < -0.4 is 5.32 Å². The summed E-state index contributed by atoms with van der Waals surface area (Å²) in [5.41, 5.74) is -0.462. The van der Waals surface area contributed by atoms with Crippen LogP contribution in [0, 0.1) is 0 Å². The Morgan fingerprint density at radius 3 is 2.06 bits per heavy atom. The number of benzene rings is 2. The van der Waals surface area contributed by atoms with Gasteiger partial charge in [-0.3, -0.25) is 4.90 Å². The second-order valence-corrected chi connectivity index (χ2v) is 8.62. The predicted molar refractivity (Wildman–Crippen MR) is 126 cm³/mol. The molecule has 0 saturated carbocycles. The van der Waals surface area contributed by atoms with Gasteiger partial charge in [-0.25, -0.2) is 0 Å². The quantitative estimate of drug-likeness (QED) is 0.438. The van der Waals surface area contributed by atoms with Crippen LogP contribution in [-0.2, 0) is 23.5 Å². The minimum atomic E-state index is -4.89. The van der Waals surface area contributed by atoms with Gasteiger partial charge in [0.2, 0.25) is 0 Å². The SMILES string of the molecule is CC(O[C@@H]1CCc2ccccc2[C@H]1N1CCNCC1)c1cc(C(F)(F)F)cc(C(F)(F)F)c1.Cl.Cl. The molecule has 1 aliphatic heterocycles. The van der Waals surface area contributed by atoms with Crippen LogP contribution in [0.4, 0.5) is 26.3 Å². The predicted octanol–water partition coefficient (Wildman–Crippen LogP) is 6.61. The summed E-state index contributed by atoms with van der Waals surface area (Å²) in [6, 6.07) is 9.58. The third-order valence-electron chi connectivity index (χ3n) is 6.43. The van der Waals surface area contributed by atoms with Gasteiger partial charge in [0.1, 0.15) is 0 Å². The second-order valence-electron chi connectivity index (χ2n) is 8.62. The fourth-order valence-electron chi connectivity index (χ4n) is 4.80. The third-order valence-corrected chi connectivity index (χ3v) is 6.43. The molecule has 3 nitrogen and oxygen atoms in total. The number of fused-ring (bicyclic) bond motifs is 1. The molecular weight excluding hydrogens is 517 g/mol. The Morgan fingerprint density at radius 2 is 1.49 bits per heavy atom. The Hall–Kier alpha value is -1.52. The molecular formula is C24H28Cl2F6N2O. The summed E-state index contributed by atoms with van der Waals surface area (Å²) in [4.78, 5) is 2.29. The van der Waals surface area contributed by atoms with Gasteiger partial charge in [-0.15, -0.1) is 24.8 Å². The third kappa shape index (κ3) is 6.83. The number of nitrogens with one attached hydrogen (secondary N) is 1. The number of hydrogen-bond donors (Lipinski definition) is 1. The van der Waals surface area contributed by atoms with E-state index in [1.54, 1.807) is 0 Å². The van der Waals surface area contributed by atoms with E-state index < -0.39 is 29.6 Å². The molecule has 0 spiro atoms. The molecule has 1 heterocycles. The first-order valence-corrected chi connectivity index (χ1v) is 11.0. The highest BCUT2D eigenvalue weighted by molar-refractivity contribution is 5.85. The molecule has 4 rings (SSSR count). The minimum absolute atomic E-state index is 0. The Kier molecular flexibility index (Phi) is 9.92. The van der Waals surface area contributed by atoms with Crippen LogP contribution in [0.15, 0.2) is 42.5 Å². The molecule has 0 bridgehead atoms. The van der Waals surface area contributed by atoms with E-state index in [1.165, 1.54) is 12.5 Å². The van der Waals surface area contributed by atoms with Crippen LogP contribution in [0.2, 0.25) is 0 Å². The highest BCUT2D eigenvalue weighted by atomic mass is 35.5. The number of alkyl halides is 6. The highest BCUT2D eigenvalue weighted by Gasteiger charge is 2.39. The van der Waals surface area contributed by atoms with Crippen molar-refractivity contribution in [3.63, 3.8) is 0 Å². The van der Waals surface area contributed by atoms with Crippen molar-refractivity contribution in [1.82, 2.24) is 10.2 Å². The van der Waals surface area contributed by atoms with Crippen LogP contribution in [-0.4, -0.2) is 37.2 Å². The van der Waals surface area contributed by atoms with Crippen molar-refractivity contribution in [1.29, 1.82) is 0 Å². The molecule has 2 aromatic rings. The van der Waals surface area contributed by atoms with Gasteiger partial charge in [0.25, 0.3) is 0 Å². The summed E-state index contributed by atoms with van der Waals surface area (Å²) in [5.74, 6) is 0.